The maximum atomic E-state index is 12.1. The fourth-order valence-electron chi connectivity index (χ4n) is 2.77. The summed E-state index contributed by atoms with van der Waals surface area (Å²) in [5.41, 5.74) is 1.99. The number of furan rings is 1. The Balaban J connectivity index is 2.21. The summed E-state index contributed by atoms with van der Waals surface area (Å²) in [7, 11) is 2.60. The van der Waals surface area contributed by atoms with Crippen LogP contribution in [0, 0.1) is 6.92 Å². The van der Waals surface area contributed by atoms with Crippen molar-refractivity contribution in [3.63, 3.8) is 0 Å². The van der Waals surface area contributed by atoms with Gasteiger partial charge in [0.05, 0.1) is 31.6 Å². The Morgan fingerprint density at radius 1 is 1.27 bits per heavy atom. The predicted octanol–water partition coefficient (Wildman–Crippen LogP) is 2.76. The second-order valence-corrected chi connectivity index (χ2v) is 5.88. The van der Waals surface area contributed by atoms with E-state index in [1.807, 2.05) is 16.7 Å². The van der Waals surface area contributed by atoms with Crippen molar-refractivity contribution in [1.29, 1.82) is 0 Å². The molecule has 0 fully saturated rings. The Kier molecular flexibility index (Phi) is 3.74. The maximum Gasteiger partial charge on any atom is 0.340 e. The Hall–Kier alpha value is -2.15. The Bertz CT molecular complexity index is 732. The van der Waals surface area contributed by atoms with Gasteiger partial charge in [-0.1, -0.05) is 0 Å². The van der Waals surface area contributed by atoms with E-state index in [-0.39, 0.29) is 16.5 Å². The number of esters is 2. The molecule has 0 aliphatic carbocycles. The predicted molar refractivity (Wildman–Crippen MR) is 80.0 cm³/mol. The number of hydrogen-bond acceptors (Lipinski definition) is 6. The normalized spacial score (nSPS) is 16.4. The molecule has 3 rings (SSSR count). The van der Waals surface area contributed by atoms with Crippen molar-refractivity contribution >= 4 is 23.7 Å². The first-order valence-corrected chi connectivity index (χ1v) is 7.70. The van der Waals surface area contributed by atoms with Gasteiger partial charge in [0.15, 0.2) is 0 Å². The lowest BCUT2D eigenvalue weighted by molar-refractivity contribution is 0.0555. The van der Waals surface area contributed by atoms with Gasteiger partial charge in [-0.3, -0.25) is 0 Å². The van der Waals surface area contributed by atoms with Crippen LogP contribution < -0.4 is 0 Å². The second-order valence-electron chi connectivity index (χ2n) is 4.81. The molecular formula is C15H15NO5S. The van der Waals surface area contributed by atoms with E-state index in [1.165, 1.54) is 14.2 Å². The zero-order chi connectivity index (χ0) is 15.9. The molecule has 3 heterocycles. The number of hydrogen-bond donors (Lipinski definition) is 0. The minimum Gasteiger partial charge on any atom is -0.466 e. The number of thioether (sulfide) groups is 1. The molecule has 1 aliphatic heterocycles. The zero-order valence-corrected chi connectivity index (χ0v) is 13.2. The number of fused-ring (bicyclic) bond motifs is 1. The molecule has 116 valence electrons. The van der Waals surface area contributed by atoms with Crippen LogP contribution >= 0.6 is 11.8 Å². The molecule has 7 heteroatoms. The van der Waals surface area contributed by atoms with Crippen molar-refractivity contribution in [2.45, 2.75) is 18.1 Å². The van der Waals surface area contributed by atoms with Crippen molar-refractivity contribution in [2.75, 3.05) is 14.2 Å². The van der Waals surface area contributed by atoms with Crippen LogP contribution in [0.3, 0.4) is 0 Å². The summed E-state index contributed by atoms with van der Waals surface area (Å²) in [4.78, 5) is 24.2. The third kappa shape index (κ3) is 2.04. The molecule has 0 aromatic carbocycles. The van der Waals surface area contributed by atoms with Crippen molar-refractivity contribution < 1.29 is 23.5 Å². The maximum absolute atomic E-state index is 12.1. The van der Waals surface area contributed by atoms with Crippen LogP contribution in [0.15, 0.2) is 22.8 Å². The van der Waals surface area contributed by atoms with Gasteiger partial charge in [-0.15, -0.1) is 11.8 Å². The Labute approximate surface area is 131 Å². The van der Waals surface area contributed by atoms with Crippen LogP contribution in [-0.4, -0.2) is 30.7 Å². The van der Waals surface area contributed by atoms with Crippen LogP contribution in [-0.2, 0) is 15.2 Å². The van der Waals surface area contributed by atoms with E-state index in [9.17, 15) is 9.59 Å². The first-order valence-electron chi connectivity index (χ1n) is 6.65. The van der Waals surface area contributed by atoms with E-state index in [2.05, 4.69) is 0 Å². The number of aromatic nitrogens is 1. The summed E-state index contributed by atoms with van der Waals surface area (Å²) in [6.45, 7) is 1.80. The summed E-state index contributed by atoms with van der Waals surface area (Å²) >= 11 is 1.63. The number of nitrogens with zero attached hydrogens (tertiary/aromatic N) is 1. The van der Waals surface area contributed by atoms with E-state index < -0.39 is 11.9 Å². The van der Waals surface area contributed by atoms with E-state index in [1.54, 1.807) is 24.9 Å². The molecule has 2 aromatic rings. The molecule has 1 atom stereocenters. The molecule has 0 spiro atoms. The van der Waals surface area contributed by atoms with E-state index in [0.29, 0.717) is 11.4 Å². The molecule has 0 saturated carbocycles. The molecule has 2 aromatic heterocycles. The van der Waals surface area contributed by atoms with E-state index in [4.69, 9.17) is 13.9 Å². The van der Waals surface area contributed by atoms with Gasteiger partial charge in [0, 0.05) is 17.1 Å². The number of carbonyl (C=O) groups excluding carboxylic acids is 2. The molecule has 0 saturated heterocycles. The summed E-state index contributed by atoms with van der Waals surface area (Å²) in [5.74, 6) is 0.295. The van der Waals surface area contributed by atoms with Crippen LogP contribution in [0.5, 0.6) is 0 Å². The van der Waals surface area contributed by atoms with Crippen molar-refractivity contribution in [3.8, 4) is 0 Å². The average molecular weight is 321 g/mol. The van der Waals surface area contributed by atoms with Gasteiger partial charge in [0.1, 0.15) is 11.1 Å². The molecule has 6 nitrogen and oxygen atoms in total. The van der Waals surface area contributed by atoms with Crippen LogP contribution in [0.25, 0.3) is 0 Å². The van der Waals surface area contributed by atoms with E-state index in [0.717, 1.165) is 11.5 Å². The first-order chi connectivity index (χ1) is 10.6. The molecule has 0 amide bonds. The van der Waals surface area contributed by atoms with Gasteiger partial charge in [-0.05, 0) is 19.1 Å². The highest BCUT2D eigenvalue weighted by atomic mass is 32.2. The van der Waals surface area contributed by atoms with Crippen molar-refractivity contribution in [2.24, 2.45) is 0 Å². The average Bonchev–Trinajstić information content (AvgIpc) is 3.22. The highest BCUT2D eigenvalue weighted by Gasteiger charge is 2.38. The van der Waals surface area contributed by atoms with Gasteiger partial charge in [0.2, 0.25) is 0 Å². The zero-order valence-electron chi connectivity index (χ0n) is 12.4. The minimum atomic E-state index is -0.539. The number of carbonyl (C=O) groups is 2. The fourth-order valence-corrected chi connectivity index (χ4v) is 4.11. The second kappa shape index (κ2) is 5.57. The summed E-state index contributed by atoms with van der Waals surface area (Å²) < 4.78 is 17.1. The molecule has 1 unspecified atom stereocenters. The fraction of sp³-hybridized carbons (Fsp3) is 0.333. The highest BCUT2D eigenvalue weighted by Crippen LogP contribution is 2.45. The van der Waals surface area contributed by atoms with Crippen molar-refractivity contribution in [1.82, 2.24) is 4.57 Å². The van der Waals surface area contributed by atoms with Gasteiger partial charge in [-0.2, -0.15) is 0 Å². The standard InChI is InChI=1S/C15H15NO5S/c1-8-11(14(17)19-2)12(15(18)20-3)9-7-22-13(16(8)9)10-5-4-6-21-10/h4-6,13H,7H2,1-3H3. The molecular weight excluding hydrogens is 306 g/mol. The van der Waals surface area contributed by atoms with Crippen LogP contribution in [0.2, 0.25) is 0 Å². The smallest absolute Gasteiger partial charge is 0.340 e. The lowest BCUT2D eigenvalue weighted by atomic mass is 10.1. The third-order valence-corrected chi connectivity index (χ3v) is 4.93. The molecule has 0 radical (unpaired) electrons. The monoisotopic (exact) mass is 321 g/mol. The van der Waals surface area contributed by atoms with Crippen LogP contribution in [0.1, 0.15) is 43.2 Å². The lowest BCUT2D eigenvalue weighted by Gasteiger charge is -2.12. The number of rotatable bonds is 3. The molecule has 0 bridgehead atoms. The van der Waals surface area contributed by atoms with Gasteiger partial charge in [-0.25, -0.2) is 9.59 Å². The lowest BCUT2D eigenvalue weighted by Crippen LogP contribution is -2.12. The largest absolute Gasteiger partial charge is 0.466 e. The minimum absolute atomic E-state index is 0.105. The number of ether oxygens (including phenoxy) is 2. The van der Waals surface area contributed by atoms with E-state index >= 15 is 0 Å². The van der Waals surface area contributed by atoms with Crippen LogP contribution in [0.4, 0.5) is 0 Å². The van der Waals surface area contributed by atoms with Gasteiger partial charge < -0.3 is 18.5 Å². The molecule has 1 aliphatic rings. The third-order valence-electron chi connectivity index (χ3n) is 3.73. The molecule has 22 heavy (non-hydrogen) atoms. The van der Waals surface area contributed by atoms with Gasteiger partial charge >= 0.3 is 11.9 Å². The quantitative estimate of drug-likeness (QED) is 0.810. The summed E-state index contributed by atoms with van der Waals surface area (Å²) in [6, 6.07) is 3.69. The highest BCUT2D eigenvalue weighted by molar-refractivity contribution is 7.99. The first kappa shape index (κ1) is 14.8. The SMILES string of the molecule is COC(=O)c1c(C(=O)OC)c2n(c1C)C(c1ccco1)SC2. The topological polar surface area (TPSA) is 70.7 Å². The van der Waals surface area contributed by atoms with Crippen molar-refractivity contribution in [3.05, 3.63) is 46.7 Å². The van der Waals surface area contributed by atoms with Gasteiger partial charge in [0.25, 0.3) is 0 Å². The summed E-state index contributed by atoms with van der Waals surface area (Å²) in [6.07, 6.45) is 1.61. The molecule has 0 N–H and O–H groups in total. The Morgan fingerprint density at radius 3 is 2.55 bits per heavy atom. The number of methoxy groups -OCH3 is 2. The Morgan fingerprint density at radius 2 is 1.95 bits per heavy atom. The summed E-state index contributed by atoms with van der Waals surface area (Å²) in [5, 5.41) is -0.105.